The first-order valence-electron chi connectivity index (χ1n) is 12.3. The standard InChI is InChI=1S/C25H36N6O3/c1-26-13-19(32)16-34-20-6-4-5-17(11-20)25-27-23(30(3)18-7-9-33-10-8-18)12-24(28-25)31-15-21-22(31)14-29(21)2/h4-6,11-12,18-19,21-22,26,32H,7-10,13-16H2,1-3H3/t19?,21?,22-/m1/s1. The number of likely N-dealkylation sites (tertiary alicyclic amines) is 1. The van der Waals surface area contributed by atoms with Crippen LogP contribution in [-0.4, -0.2) is 105 Å². The van der Waals surface area contributed by atoms with Crippen LogP contribution in [0.25, 0.3) is 11.4 Å². The van der Waals surface area contributed by atoms with E-state index in [-0.39, 0.29) is 6.61 Å². The van der Waals surface area contributed by atoms with E-state index in [2.05, 4.69) is 40.2 Å². The predicted octanol–water partition coefficient (Wildman–Crippen LogP) is 1.22. The second-order valence-electron chi connectivity index (χ2n) is 9.64. The Morgan fingerprint density at radius 3 is 2.74 bits per heavy atom. The molecule has 4 heterocycles. The molecule has 3 aliphatic heterocycles. The summed E-state index contributed by atoms with van der Waals surface area (Å²) in [5.74, 6) is 3.33. The van der Waals surface area contributed by atoms with Crippen molar-refractivity contribution in [3.05, 3.63) is 30.3 Å². The van der Waals surface area contributed by atoms with Gasteiger partial charge in [0, 0.05) is 63.6 Å². The lowest BCUT2D eigenvalue weighted by atomic mass is 9.86. The van der Waals surface area contributed by atoms with Crippen LogP contribution in [0.1, 0.15) is 12.8 Å². The monoisotopic (exact) mass is 468 g/mol. The third-order valence-corrected chi connectivity index (χ3v) is 7.34. The van der Waals surface area contributed by atoms with Gasteiger partial charge in [-0.15, -0.1) is 0 Å². The fourth-order valence-corrected chi connectivity index (χ4v) is 5.09. The van der Waals surface area contributed by atoms with Crippen LogP contribution in [0.15, 0.2) is 30.3 Å². The second-order valence-corrected chi connectivity index (χ2v) is 9.64. The van der Waals surface area contributed by atoms with E-state index in [0.29, 0.717) is 36.2 Å². The van der Waals surface area contributed by atoms with Crippen molar-refractivity contribution in [3.8, 4) is 17.1 Å². The molecular formula is C25H36N6O3. The molecule has 3 aliphatic rings. The summed E-state index contributed by atoms with van der Waals surface area (Å²) in [5, 5.41) is 12.9. The van der Waals surface area contributed by atoms with E-state index in [9.17, 15) is 5.11 Å². The molecule has 2 unspecified atom stereocenters. The molecule has 9 nitrogen and oxygen atoms in total. The van der Waals surface area contributed by atoms with Crippen molar-refractivity contribution in [1.82, 2.24) is 20.2 Å². The van der Waals surface area contributed by atoms with Gasteiger partial charge in [-0.3, -0.25) is 4.90 Å². The van der Waals surface area contributed by atoms with Gasteiger partial charge in [-0.25, -0.2) is 9.97 Å². The fourth-order valence-electron chi connectivity index (χ4n) is 5.09. The van der Waals surface area contributed by atoms with Gasteiger partial charge in [0.15, 0.2) is 5.82 Å². The number of likely N-dealkylation sites (N-methyl/N-ethyl adjacent to an activating group) is 2. The quantitative estimate of drug-likeness (QED) is 0.564. The first kappa shape index (κ1) is 23.3. The number of aliphatic hydroxyl groups is 1. The molecule has 0 spiro atoms. The lowest BCUT2D eigenvalue weighted by Crippen LogP contribution is -2.78. The summed E-state index contributed by atoms with van der Waals surface area (Å²) in [7, 11) is 6.13. The molecule has 0 bridgehead atoms. The van der Waals surface area contributed by atoms with Crippen molar-refractivity contribution < 1.29 is 14.6 Å². The van der Waals surface area contributed by atoms with E-state index in [0.717, 1.165) is 56.3 Å². The normalized spacial score (nSPS) is 23.6. The molecule has 1 aromatic heterocycles. The first-order chi connectivity index (χ1) is 16.5. The number of benzene rings is 1. The van der Waals surface area contributed by atoms with Crippen LogP contribution in [0.5, 0.6) is 5.75 Å². The predicted molar refractivity (Wildman–Crippen MR) is 133 cm³/mol. The highest BCUT2D eigenvalue weighted by atomic mass is 16.5. The van der Waals surface area contributed by atoms with Gasteiger partial charge in [-0.05, 0) is 39.1 Å². The molecule has 3 atom stereocenters. The Morgan fingerprint density at radius 2 is 2.03 bits per heavy atom. The van der Waals surface area contributed by atoms with E-state index in [1.807, 2.05) is 31.3 Å². The minimum Gasteiger partial charge on any atom is -0.491 e. The second kappa shape index (κ2) is 10.0. The number of ether oxygens (including phenoxy) is 2. The van der Waals surface area contributed by atoms with Crippen molar-refractivity contribution in [2.45, 2.75) is 37.1 Å². The van der Waals surface area contributed by atoms with Crippen LogP contribution in [0.2, 0.25) is 0 Å². The van der Waals surface area contributed by atoms with Crippen LogP contribution in [0.3, 0.4) is 0 Å². The number of aliphatic hydroxyl groups excluding tert-OH is 1. The largest absolute Gasteiger partial charge is 0.491 e. The summed E-state index contributed by atoms with van der Waals surface area (Å²) < 4.78 is 11.4. The molecular weight excluding hydrogens is 432 g/mol. The molecule has 0 radical (unpaired) electrons. The number of fused-ring (bicyclic) bond motifs is 1. The summed E-state index contributed by atoms with van der Waals surface area (Å²) in [4.78, 5) is 17.1. The number of hydrogen-bond acceptors (Lipinski definition) is 9. The topological polar surface area (TPSA) is 86.2 Å². The van der Waals surface area contributed by atoms with Crippen molar-refractivity contribution in [2.75, 3.05) is 70.4 Å². The Kier molecular flexibility index (Phi) is 6.87. The van der Waals surface area contributed by atoms with Crippen molar-refractivity contribution in [2.24, 2.45) is 0 Å². The van der Waals surface area contributed by atoms with Crippen LogP contribution in [0.4, 0.5) is 11.6 Å². The number of rotatable bonds is 9. The molecule has 0 aliphatic carbocycles. The number of piperazine rings is 1. The molecule has 3 saturated heterocycles. The summed E-state index contributed by atoms with van der Waals surface area (Å²) in [6, 6.07) is 11.6. The molecule has 0 amide bonds. The molecule has 2 aromatic rings. The van der Waals surface area contributed by atoms with Crippen molar-refractivity contribution in [1.29, 1.82) is 0 Å². The van der Waals surface area contributed by atoms with Gasteiger partial charge in [0.05, 0.1) is 6.04 Å². The zero-order valence-electron chi connectivity index (χ0n) is 20.4. The fraction of sp³-hybridized carbons (Fsp3) is 0.600. The first-order valence-corrected chi connectivity index (χ1v) is 12.3. The summed E-state index contributed by atoms with van der Waals surface area (Å²) in [5.41, 5.74) is 0.909. The number of nitrogens with one attached hydrogen (secondary N) is 1. The summed E-state index contributed by atoms with van der Waals surface area (Å²) in [6.07, 6.45) is 1.44. The minimum atomic E-state index is -0.562. The maximum absolute atomic E-state index is 9.98. The zero-order valence-corrected chi connectivity index (χ0v) is 20.4. The Balaban J connectivity index is 1.42. The lowest BCUT2D eigenvalue weighted by Gasteiger charge is -2.61. The Labute approximate surface area is 201 Å². The van der Waals surface area contributed by atoms with Gasteiger partial charge in [0.1, 0.15) is 30.1 Å². The molecule has 1 aromatic carbocycles. The van der Waals surface area contributed by atoms with Gasteiger partial charge < -0.3 is 29.7 Å². The molecule has 184 valence electrons. The molecule has 3 fully saturated rings. The van der Waals surface area contributed by atoms with Crippen LogP contribution >= 0.6 is 0 Å². The average Bonchev–Trinajstić information content (AvgIpc) is 2.86. The van der Waals surface area contributed by atoms with Gasteiger partial charge in [0.25, 0.3) is 0 Å². The molecule has 0 saturated carbocycles. The number of anilines is 2. The molecule has 2 N–H and O–H groups in total. The van der Waals surface area contributed by atoms with E-state index in [1.54, 1.807) is 0 Å². The van der Waals surface area contributed by atoms with E-state index in [1.165, 1.54) is 0 Å². The summed E-state index contributed by atoms with van der Waals surface area (Å²) in [6.45, 7) is 4.38. The van der Waals surface area contributed by atoms with Crippen molar-refractivity contribution >= 4 is 11.6 Å². The highest BCUT2D eigenvalue weighted by molar-refractivity contribution is 5.65. The smallest absolute Gasteiger partial charge is 0.163 e. The van der Waals surface area contributed by atoms with Crippen LogP contribution in [-0.2, 0) is 4.74 Å². The molecule has 34 heavy (non-hydrogen) atoms. The van der Waals surface area contributed by atoms with E-state index in [4.69, 9.17) is 19.4 Å². The maximum atomic E-state index is 9.98. The Morgan fingerprint density at radius 1 is 1.21 bits per heavy atom. The Hall–Kier alpha value is -2.46. The van der Waals surface area contributed by atoms with Gasteiger partial charge in [0.2, 0.25) is 0 Å². The number of aromatic nitrogens is 2. The highest BCUT2D eigenvalue weighted by Crippen LogP contribution is 2.37. The number of hydrogen-bond donors (Lipinski definition) is 2. The maximum Gasteiger partial charge on any atom is 0.163 e. The lowest BCUT2D eigenvalue weighted by molar-refractivity contribution is 0.0361. The molecule has 5 rings (SSSR count). The SMILES string of the molecule is CNCC(O)COc1cccc(-c2nc(N(C)C3CCOCC3)cc(N3CC4[C@H]3CN4C)n2)c1. The van der Waals surface area contributed by atoms with E-state index >= 15 is 0 Å². The average molecular weight is 469 g/mol. The van der Waals surface area contributed by atoms with E-state index < -0.39 is 6.10 Å². The molecule has 9 heteroatoms. The summed E-state index contributed by atoms with van der Waals surface area (Å²) >= 11 is 0. The van der Waals surface area contributed by atoms with Crippen molar-refractivity contribution in [3.63, 3.8) is 0 Å². The third-order valence-electron chi connectivity index (χ3n) is 7.34. The van der Waals surface area contributed by atoms with Gasteiger partial charge >= 0.3 is 0 Å². The van der Waals surface area contributed by atoms with Crippen LogP contribution in [0, 0.1) is 0 Å². The minimum absolute atomic E-state index is 0.229. The highest BCUT2D eigenvalue weighted by Gasteiger charge is 2.50. The van der Waals surface area contributed by atoms with Gasteiger partial charge in [-0.1, -0.05) is 12.1 Å². The zero-order chi connectivity index (χ0) is 23.7. The number of nitrogens with zero attached hydrogens (tertiary/aromatic N) is 5. The van der Waals surface area contributed by atoms with Gasteiger partial charge in [-0.2, -0.15) is 0 Å². The van der Waals surface area contributed by atoms with Crippen LogP contribution < -0.4 is 19.9 Å². The third kappa shape index (κ3) is 4.70. The Bertz CT molecular complexity index is 985.